The van der Waals surface area contributed by atoms with Gasteiger partial charge >= 0.3 is 0 Å². The van der Waals surface area contributed by atoms with Gasteiger partial charge in [0.05, 0.1) is 16.2 Å². The Kier molecular flexibility index (Phi) is 6.43. The van der Waals surface area contributed by atoms with Gasteiger partial charge in [0.25, 0.3) is 0 Å². The van der Waals surface area contributed by atoms with Crippen LogP contribution < -0.4 is 10.5 Å². The fourth-order valence-corrected chi connectivity index (χ4v) is 4.32. The molecular weight excluding hydrogens is 468 g/mol. The van der Waals surface area contributed by atoms with Crippen LogP contribution in [0.5, 0.6) is 0 Å². The van der Waals surface area contributed by atoms with E-state index in [0.29, 0.717) is 32.8 Å². The number of rotatable bonds is 7. The predicted molar refractivity (Wildman–Crippen MR) is 127 cm³/mol. The molecule has 7 nitrogen and oxygen atoms in total. The number of nitrogens with two attached hydrogens (primary N) is 1. The smallest absolute Gasteiger partial charge is 0.238 e. The van der Waals surface area contributed by atoms with E-state index in [4.69, 9.17) is 16.7 Å². The number of hydrogen-bond acceptors (Lipinski definition) is 7. The number of Topliss-reactive ketones (excluding diaryl/α,β-unsaturated/α-hetero) is 1. The number of aromatic nitrogens is 2. The number of carbonyl (C=O) groups excluding carboxylic acids is 1. The second kappa shape index (κ2) is 9.25. The highest BCUT2D eigenvalue weighted by Crippen LogP contribution is 2.27. The van der Waals surface area contributed by atoms with Crippen molar-refractivity contribution in [3.8, 4) is 0 Å². The Morgan fingerprint density at radius 1 is 0.969 bits per heavy atom. The van der Waals surface area contributed by atoms with Crippen LogP contribution in [-0.2, 0) is 10.0 Å². The second-order valence-electron chi connectivity index (χ2n) is 6.79. The Labute approximate surface area is 194 Å². The van der Waals surface area contributed by atoms with Gasteiger partial charge in [-0.15, -0.1) is 0 Å². The Balaban J connectivity index is 1.58. The third kappa shape index (κ3) is 5.25. The zero-order valence-electron chi connectivity index (χ0n) is 16.5. The molecule has 162 valence electrons. The van der Waals surface area contributed by atoms with E-state index in [1.165, 1.54) is 23.9 Å². The number of para-hydroxylation sites is 1. The first kappa shape index (κ1) is 22.2. The summed E-state index contributed by atoms with van der Waals surface area (Å²) < 4.78 is 22.9. The Hall–Kier alpha value is -2.98. The number of nitrogens with one attached hydrogen (secondary N) is 1. The molecule has 1 heterocycles. The average Bonchev–Trinajstić information content (AvgIpc) is 2.78. The quantitative estimate of drug-likeness (QED) is 0.223. The lowest BCUT2D eigenvalue weighted by atomic mass is 10.1. The topological polar surface area (TPSA) is 115 Å². The molecule has 0 amide bonds. The average molecular weight is 485 g/mol. The molecule has 0 aliphatic carbocycles. The fraction of sp³-hybridized carbons (Fsp3) is 0.0455. The summed E-state index contributed by atoms with van der Waals surface area (Å²) in [7, 11) is -3.77. The molecular formula is C22H17ClN4O3S2. The first-order valence-corrected chi connectivity index (χ1v) is 12.3. The monoisotopic (exact) mass is 484 g/mol. The molecule has 0 radical (unpaired) electrons. The lowest BCUT2D eigenvalue weighted by Crippen LogP contribution is -2.11. The van der Waals surface area contributed by atoms with Gasteiger partial charge in [0.15, 0.2) is 10.9 Å². The van der Waals surface area contributed by atoms with Crippen LogP contribution in [0, 0.1) is 0 Å². The van der Waals surface area contributed by atoms with Gasteiger partial charge in [0.2, 0.25) is 10.0 Å². The molecule has 10 heteroatoms. The van der Waals surface area contributed by atoms with E-state index in [1.54, 1.807) is 36.4 Å². The van der Waals surface area contributed by atoms with E-state index in [0.717, 1.165) is 5.39 Å². The predicted octanol–water partition coefficient (Wildman–Crippen LogP) is 4.65. The first-order valence-electron chi connectivity index (χ1n) is 9.38. The van der Waals surface area contributed by atoms with E-state index in [-0.39, 0.29) is 16.4 Å². The van der Waals surface area contributed by atoms with Gasteiger partial charge < -0.3 is 5.32 Å². The van der Waals surface area contributed by atoms with E-state index >= 15 is 0 Å². The number of carbonyl (C=O) groups is 1. The summed E-state index contributed by atoms with van der Waals surface area (Å²) >= 11 is 7.11. The van der Waals surface area contributed by atoms with Crippen LogP contribution in [-0.4, -0.2) is 29.9 Å². The number of halogens is 1. The number of nitrogens with zero attached hydrogens (tertiary/aromatic N) is 2. The number of thioether (sulfide) groups is 1. The maximum absolute atomic E-state index is 12.5. The highest BCUT2D eigenvalue weighted by Gasteiger charge is 2.13. The molecule has 0 saturated carbocycles. The maximum Gasteiger partial charge on any atom is 0.238 e. The van der Waals surface area contributed by atoms with Crippen molar-refractivity contribution in [3.05, 3.63) is 83.4 Å². The summed E-state index contributed by atoms with van der Waals surface area (Å²) in [5.74, 6) is 0.652. The number of hydrogen-bond donors (Lipinski definition) is 2. The maximum atomic E-state index is 12.5. The molecule has 0 atom stereocenters. The SMILES string of the molecule is NS(=O)(=O)c1ccc(Nc2nc(SCC(=O)c3ccc(Cl)cc3)nc3ccccc23)cc1. The summed E-state index contributed by atoms with van der Waals surface area (Å²) in [4.78, 5) is 21.6. The Morgan fingerprint density at radius 3 is 2.34 bits per heavy atom. The molecule has 1 aromatic heterocycles. The van der Waals surface area contributed by atoms with Crippen molar-refractivity contribution < 1.29 is 13.2 Å². The number of primary sulfonamides is 1. The van der Waals surface area contributed by atoms with Crippen LogP contribution in [0.4, 0.5) is 11.5 Å². The number of anilines is 2. The van der Waals surface area contributed by atoms with Crippen molar-refractivity contribution in [2.45, 2.75) is 10.1 Å². The zero-order valence-corrected chi connectivity index (χ0v) is 18.9. The van der Waals surface area contributed by atoms with Gasteiger partial charge in [-0.1, -0.05) is 35.5 Å². The van der Waals surface area contributed by atoms with Crippen molar-refractivity contribution in [2.24, 2.45) is 5.14 Å². The first-order chi connectivity index (χ1) is 15.3. The van der Waals surface area contributed by atoms with Crippen molar-refractivity contribution in [1.82, 2.24) is 9.97 Å². The zero-order chi connectivity index (χ0) is 22.7. The van der Waals surface area contributed by atoms with Gasteiger partial charge in [0.1, 0.15) is 5.82 Å². The third-order valence-electron chi connectivity index (χ3n) is 4.53. The minimum atomic E-state index is -3.77. The second-order valence-corrected chi connectivity index (χ2v) is 9.73. The van der Waals surface area contributed by atoms with E-state index in [2.05, 4.69) is 15.3 Å². The molecule has 0 bridgehead atoms. The largest absolute Gasteiger partial charge is 0.340 e. The molecule has 0 aliphatic heterocycles. The van der Waals surface area contributed by atoms with Crippen LogP contribution >= 0.6 is 23.4 Å². The normalized spacial score (nSPS) is 11.4. The summed E-state index contributed by atoms with van der Waals surface area (Å²) in [6.45, 7) is 0. The number of sulfonamides is 1. The minimum Gasteiger partial charge on any atom is -0.340 e. The van der Waals surface area contributed by atoms with E-state index < -0.39 is 10.0 Å². The van der Waals surface area contributed by atoms with Crippen molar-refractivity contribution in [1.29, 1.82) is 0 Å². The van der Waals surface area contributed by atoms with Crippen LogP contribution in [0.2, 0.25) is 5.02 Å². The summed E-state index contributed by atoms with van der Waals surface area (Å²) in [5.41, 5.74) is 1.91. The molecule has 4 aromatic rings. The molecule has 3 aromatic carbocycles. The Bertz CT molecular complexity index is 1390. The number of benzene rings is 3. The summed E-state index contributed by atoms with van der Waals surface area (Å²) in [5, 5.41) is 10.1. The number of fused-ring (bicyclic) bond motifs is 1. The lowest BCUT2D eigenvalue weighted by molar-refractivity contribution is 0.102. The summed E-state index contributed by atoms with van der Waals surface area (Å²) in [6.07, 6.45) is 0. The van der Waals surface area contributed by atoms with Crippen LogP contribution in [0.25, 0.3) is 10.9 Å². The van der Waals surface area contributed by atoms with Gasteiger partial charge in [-0.05, 0) is 60.7 Å². The van der Waals surface area contributed by atoms with Crippen LogP contribution in [0.3, 0.4) is 0 Å². The van der Waals surface area contributed by atoms with Crippen molar-refractivity contribution in [2.75, 3.05) is 11.1 Å². The van der Waals surface area contributed by atoms with E-state index in [1.807, 2.05) is 24.3 Å². The van der Waals surface area contributed by atoms with Crippen molar-refractivity contribution >= 4 is 61.6 Å². The molecule has 0 aliphatic rings. The molecule has 4 rings (SSSR count). The summed E-state index contributed by atoms with van der Waals surface area (Å²) in [6, 6.07) is 20.2. The standard InChI is InChI=1S/C22H17ClN4O3S2/c23-15-7-5-14(6-8-15)20(28)13-31-22-26-19-4-2-1-3-18(19)21(27-22)25-16-9-11-17(12-10-16)32(24,29)30/h1-12H,13H2,(H2,24,29,30)(H,25,26,27). The van der Waals surface area contributed by atoms with Gasteiger partial charge in [-0.25, -0.2) is 23.5 Å². The molecule has 0 fully saturated rings. The minimum absolute atomic E-state index is 0.0209. The van der Waals surface area contributed by atoms with Gasteiger partial charge in [0, 0.05) is 21.7 Å². The van der Waals surface area contributed by atoms with Crippen LogP contribution in [0.15, 0.2) is 82.8 Å². The lowest BCUT2D eigenvalue weighted by Gasteiger charge is -2.11. The van der Waals surface area contributed by atoms with Crippen LogP contribution in [0.1, 0.15) is 10.4 Å². The highest BCUT2D eigenvalue weighted by atomic mass is 35.5. The number of ketones is 1. The van der Waals surface area contributed by atoms with E-state index in [9.17, 15) is 13.2 Å². The van der Waals surface area contributed by atoms with Crippen molar-refractivity contribution in [3.63, 3.8) is 0 Å². The van der Waals surface area contributed by atoms with Gasteiger partial charge in [-0.3, -0.25) is 4.79 Å². The molecule has 0 spiro atoms. The fourth-order valence-electron chi connectivity index (χ4n) is 2.93. The van der Waals surface area contributed by atoms with Gasteiger partial charge in [-0.2, -0.15) is 0 Å². The molecule has 3 N–H and O–H groups in total. The molecule has 0 unspecified atom stereocenters. The Morgan fingerprint density at radius 2 is 1.66 bits per heavy atom. The molecule has 0 saturated heterocycles. The molecule has 32 heavy (non-hydrogen) atoms. The highest BCUT2D eigenvalue weighted by molar-refractivity contribution is 7.99. The third-order valence-corrected chi connectivity index (χ3v) is 6.56.